The summed E-state index contributed by atoms with van der Waals surface area (Å²) in [6.45, 7) is 1.74. The quantitative estimate of drug-likeness (QED) is 0.365. The first-order chi connectivity index (χ1) is 16.3. The minimum absolute atomic E-state index is 0.411. The van der Waals surface area contributed by atoms with Crippen LogP contribution in [-0.4, -0.2) is 65.8 Å². The average molecular weight is 481 g/mol. The summed E-state index contributed by atoms with van der Waals surface area (Å²) in [7, 11) is 9.67. The van der Waals surface area contributed by atoms with E-state index in [0.29, 0.717) is 39.6 Å². The summed E-state index contributed by atoms with van der Waals surface area (Å²) in [5.41, 5.74) is 11.1. The van der Waals surface area contributed by atoms with Crippen LogP contribution in [0.5, 0.6) is 5.75 Å². The highest BCUT2D eigenvalue weighted by atomic mass is 35.5. The molecule has 9 nitrogen and oxygen atoms in total. The summed E-state index contributed by atoms with van der Waals surface area (Å²) in [5, 5.41) is 3.88. The van der Waals surface area contributed by atoms with Crippen molar-refractivity contribution in [3.63, 3.8) is 0 Å². The normalized spacial score (nSPS) is 11.3. The van der Waals surface area contributed by atoms with Gasteiger partial charge in [-0.3, -0.25) is 0 Å². The third-order valence-electron chi connectivity index (χ3n) is 5.62. The van der Waals surface area contributed by atoms with Crippen LogP contribution in [0.3, 0.4) is 0 Å². The van der Waals surface area contributed by atoms with Gasteiger partial charge in [0.1, 0.15) is 11.4 Å². The molecule has 0 aliphatic heterocycles. The van der Waals surface area contributed by atoms with Crippen LogP contribution in [0.25, 0.3) is 22.6 Å². The topological polar surface area (TPSA) is 97.4 Å². The summed E-state index contributed by atoms with van der Waals surface area (Å²) >= 11 is 6.13. The Morgan fingerprint density at radius 3 is 2.62 bits per heavy atom. The molecule has 0 spiro atoms. The summed E-state index contributed by atoms with van der Waals surface area (Å²) in [6.07, 6.45) is 1.69. The van der Waals surface area contributed by atoms with Crippen molar-refractivity contribution in [2.75, 3.05) is 57.3 Å². The van der Waals surface area contributed by atoms with E-state index < -0.39 is 0 Å². The van der Waals surface area contributed by atoms with Gasteiger partial charge >= 0.3 is 0 Å². The number of aromatic nitrogens is 4. The number of nitrogens with two attached hydrogens (primary N) is 1. The minimum Gasteiger partial charge on any atom is -0.494 e. The van der Waals surface area contributed by atoms with Gasteiger partial charge in [0.05, 0.1) is 35.2 Å². The van der Waals surface area contributed by atoms with E-state index >= 15 is 0 Å². The van der Waals surface area contributed by atoms with Crippen molar-refractivity contribution < 1.29 is 4.74 Å². The van der Waals surface area contributed by atoms with Gasteiger partial charge in [0, 0.05) is 44.5 Å². The second kappa shape index (κ2) is 9.74. The molecule has 0 saturated heterocycles. The van der Waals surface area contributed by atoms with E-state index in [1.54, 1.807) is 13.3 Å². The monoisotopic (exact) mass is 480 g/mol. The molecular weight excluding hydrogens is 452 g/mol. The van der Waals surface area contributed by atoms with Crippen LogP contribution in [0.2, 0.25) is 5.02 Å². The molecule has 2 heterocycles. The van der Waals surface area contributed by atoms with E-state index in [9.17, 15) is 0 Å². The number of aryl methyl sites for hydroxylation is 1. The number of rotatable bonds is 8. The fraction of sp³-hybridized carbons (Fsp3) is 0.292. The Morgan fingerprint density at radius 1 is 1.09 bits per heavy atom. The first-order valence-electron chi connectivity index (χ1n) is 10.8. The lowest BCUT2D eigenvalue weighted by Crippen LogP contribution is -2.29. The van der Waals surface area contributed by atoms with Gasteiger partial charge in [0.25, 0.3) is 0 Å². The second-order valence-corrected chi connectivity index (χ2v) is 8.79. The zero-order chi connectivity index (χ0) is 24.4. The smallest absolute Gasteiger partial charge is 0.227 e. The largest absolute Gasteiger partial charge is 0.494 e. The van der Waals surface area contributed by atoms with Gasteiger partial charge in [0.15, 0.2) is 5.82 Å². The molecule has 0 aliphatic carbocycles. The number of likely N-dealkylation sites (N-methyl/N-ethyl adjacent to an activating group) is 2. The SMILES string of the molecule is COc1cc(N(C)CCN(C)C)c(N)cc1Nc1nccc(-c2nc3cc(Cl)ccc3n2C)n1. The second-order valence-electron chi connectivity index (χ2n) is 8.35. The van der Waals surface area contributed by atoms with Gasteiger partial charge in [-0.05, 0) is 44.4 Å². The highest BCUT2D eigenvalue weighted by Gasteiger charge is 2.15. The van der Waals surface area contributed by atoms with Crippen LogP contribution >= 0.6 is 11.6 Å². The predicted octanol–water partition coefficient (Wildman–Crippen LogP) is 4.02. The molecule has 0 amide bonds. The molecule has 4 aromatic rings. The van der Waals surface area contributed by atoms with Crippen molar-refractivity contribution in [3.8, 4) is 17.3 Å². The van der Waals surface area contributed by atoms with Crippen LogP contribution in [0.4, 0.5) is 23.0 Å². The molecule has 4 rings (SSSR count). The van der Waals surface area contributed by atoms with Gasteiger partial charge in [0.2, 0.25) is 5.95 Å². The molecule has 0 fully saturated rings. The lowest BCUT2D eigenvalue weighted by molar-refractivity contribution is 0.413. The third-order valence-corrected chi connectivity index (χ3v) is 5.85. The predicted molar refractivity (Wildman–Crippen MR) is 139 cm³/mol. The van der Waals surface area contributed by atoms with Crippen LogP contribution in [0.15, 0.2) is 42.6 Å². The Kier molecular flexibility index (Phi) is 6.76. The van der Waals surface area contributed by atoms with E-state index in [1.807, 2.05) is 69.2 Å². The molecule has 3 N–H and O–H groups in total. The minimum atomic E-state index is 0.411. The van der Waals surface area contributed by atoms with Crippen molar-refractivity contribution >= 4 is 45.6 Å². The van der Waals surface area contributed by atoms with Gasteiger partial charge in [-0.15, -0.1) is 0 Å². The van der Waals surface area contributed by atoms with Gasteiger partial charge < -0.3 is 30.2 Å². The van der Waals surface area contributed by atoms with E-state index in [0.717, 1.165) is 29.8 Å². The number of hydrogen-bond donors (Lipinski definition) is 2. The molecular formula is C24H29ClN8O. The highest BCUT2D eigenvalue weighted by Crippen LogP contribution is 2.36. The zero-order valence-electron chi connectivity index (χ0n) is 20.0. The van der Waals surface area contributed by atoms with Crippen molar-refractivity contribution in [3.05, 3.63) is 47.6 Å². The molecule has 0 aliphatic rings. The fourth-order valence-corrected chi connectivity index (χ4v) is 3.89. The average Bonchev–Trinajstić information content (AvgIpc) is 3.13. The van der Waals surface area contributed by atoms with Crippen LogP contribution in [-0.2, 0) is 7.05 Å². The van der Waals surface area contributed by atoms with Gasteiger partial charge in [-0.25, -0.2) is 15.0 Å². The molecule has 2 aromatic heterocycles. The number of nitrogens with one attached hydrogen (secondary N) is 1. The van der Waals surface area contributed by atoms with Crippen LogP contribution in [0, 0.1) is 0 Å². The Balaban J connectivity index is 1.63. The van der Waals surface area contributed by atoms with Gasteiger partial charge in [-0.1, -0.05) is 11.6 Å². The number of hydrogen-bond acceptors (Lipinski definition) is 8. The molecule has 0 radical (unpaired) electrons. The molecule has 0 atom stereocenters. The first kappa shape index (κ1) is 23.6. The number of halogens is 1. The number of fused-ring (bicyclic) bond motifs is 1. The lowest BCUT2D eigenvalue weighted by Gasteiger charge is -2.24. The van der Waals surface area contributed by atoms with Crippen LogP contribution < -0.4 is 20.7 Å². The number of ether oxygens (including phenoxy) is 1. The summed E-state index contributed by atoms with van der Waals surface area (Å²) in [4.78, 5) is 18.0. The summed E-state index contributed by atoms with van der Waals surface area (Å²) in [5.74, 6) is 1.77. The Bertz CT molecular complexity index is 1320. The summed E-state index contributed by atoms with van der Waals surface area (Å²) < 4.78 is 7.62. The number of benzene rings is 2. The Labute approximate surface area is 204 Å². The Morgan fingerprint density at radius 2 is 1.88 bits per heavy atom. The lowest BCUT2D eigenvalue weighted by atomic mass is 10.2. The summed E-state index contributed by atoms with van der Waals surface area (Å²) in [6, 6.07) is 11.2. The zero-order valence-corrected chi connectivity index (χ0v) is 20.8. The molecule has 0 saturated carbocycles. The number of nitrogens with zero attached hydrogens (tertiary/aromatic N) is 6. The van der Waals surface area contributed by atoms with Crippen molar-refractivity contribution in [1.82, 2.24) is 24.4 Å². The number of imidazole rings is 1. The maximum absolute atomic E-state index is 6.39. The molecule has 10 heteroatoms. The fourth-order valence-electron chi connectivity index (χ4n) is 3.72. The van der Waals surface area contributed by atoms with Crippen molar-refractivity contribution in [2.24, 2.45) is 7.05 Å². The standard InChI is InChI=1S/C24H29ClN8O/c1-31(2)10-11-32(3)21-14-22(34-5)19(13-16(21)26)30-24-27-9-8-17(29-24)23-28-18-12-15(25)6-7-20(18)33(23)4/h6-9,12-14H,10-11,26H2,1-5H3,(H,27,29,30). The number of nitrogen functional groups attached to an aromatic ring is 1. The third kappa shape index (κ3) is 4.85. The molecule has 178 valence electrons. The van der Waals surface area contributed by atoms with E-state index in [1.165, 1.54) is 0 Å². The number of anilines is 4. The highest BCUT2D eigenvalue weighted by molar-refractivity contribution is 6.31. The van der Waals surface area contributed by atoms with E-state index in [-0.39, 0.29) is 0 Å². The van der Waals surface area contributed by atoms with E-state index in [2.05, 4.69) is 25.1 Å². The van der Waals surface area contributed by atoms with Crippen LogP contribution in [0.1, 0.15) is 0 Å². The van der Waals surface area contributed by atoms with Crippen molar-refractivity contribution in [1.29, 1.82) is 0 Å². The Hall–Kier alpha value is -3.56. The number of methoxy groups -OCH3 is 1. The first-order valence-corrected chi connectivity index (χ1v) is 11.2. The van der Waals surface area contributed by atoms with E-state index in [4.69, 9.17) is 27.1 Å². The maximum Gasteiger partial charge on any atom is 0.227 e. The van der Waals surface area contributed by atoms with Crippen molar-refractivity contribution in [2.45, 2.75) is 0 Å². The van der Waals surface area contributed by atoms with Gasteiger partial charge in [-0.2, -0.15) is 0 Å². The molecule has 34 heavy (non-hydrogen) atoms. The molecule has 0 unspecified atom stereocenters. The molecule has 2 aromatic carbocycles. The maximum atomic E-state index is 6.39. The molecule has 0 bridgehead atoms.